The molecule has 1 amide bonds. The lowest BCUT2D eigenvalue weighted by atomic mass is 10.1. The number of hydrogen-bond donors (Lipinski definition) is 0. The van der Waals surface area contributed by atoms with E-state index in [9.17, 15) is 13.2 Å². The lowest BCUT2D eigenvalue weighted by molar-refractivity contribution is 0.0681. The highest BCUT2D eigenvalue weighted by Crippen LogP contribution is 2.27. The summed E-state index contributed by atoms with van der Waals surface area (Å²) >= 11 is 12.2. The first-order valence-corrected chi connectivity index (χ1v) is 11.5. The van der Waals surface area contributed by atoms with Crippen LogP contribution in [0.15, 0.2) is 42.5 Å². The van der Waals surface area contributed by atoms with Crippen molar-refractivity contribution in [2.24, 2.45) is 0 Å². The van der Waals surface area contributed by atoms with Crippen LogP contribution >= 0.6 is 23.2 Å². The SMILES string of the molecule is CCOc1ccc(C(=O)N(Cc2ccc(Cl)cc2Cl)[C@H]2CCS(=O)(=O)C2)cc1. The van der Waals surface area contributed by atoms with Gasteiger partial charge in [0, 0.05) is 28.2 Å². The van der Waals surface area contributed by atoms with Crippen molar-refractivity contribution in [3.05, 3.63) is 63.6 Å². The summed E-state index contributed by atoms with van der Waals surface area (Å²) in [6, 6.07) is 11.5. The third kappa shape index (κ3) is 4.99. The number of nitrogens with zero attached hydrogens (tertiary/aromatic N) is 1. The monoisotopic (exact) mass is 441 g/mol. The first-order chi connectivity index (χ1) is 13.3. The highest BCUT2D eigenvalue weighted by atomic mass is 35.5. The minimum absolute atomic E-state index is 0.0407. The van der Waals surface area contributed by atoms with E-state index in [2.05, 4.69) is 0 Å². The molecule has 28 heavy (non-hydrogen) atoms. The normalized spacial score (nSPS) is 18.0. The molecular formula is C20H21Cl2NO4S. The molecule has 5 nitrogen and oxygen atoms in total. The van der Waals surface area contributed by atoms with Gasteiger partial charge in [-0.05, 0) is 55.3 Å². The van der Waals surface area contributed by atoms with Crippen molar-refractivity contribution >= 4 is 38.9 Å². The quantitative estimate of drug-likeness (QED) is 0.672. The summed E-state index contributed by atoms with van der Waals surface area (Å²) in [5, 5.41) is 0.944. The molecule has 0 aromatic heterocycles. The number of rotatable bonds is 6. The van der Waals surface area contributed by atoms with Crippen LogP contribution in [0.4, 0.5) is 0 Å². The van der Waals surface area contributed by atoms with E-state index in [1.807, 2.05) is 6.92 Å². The summed E-state index contributed by atoms with van der Waals surface area (Å²) in [6.45, 7) is 2.63. The maximum atomic E-state index is 13.2. The maximum absolute atomic E-state index is 13.2. The molecule has 1 heterocycles. The third-order valence-electron chi connectivity index (χ3n) is 4.68. The number of carbonyl (C=O) groups is 1. The zero-order valence-electron chi connectivity index (χ0n) is 15.4. The molecular weight excluding hydrogens is 421 g/mol. The smallest absolute Gasteiger partial charge is 0.254 e. The highest BCUT2D eigenvalue weighted by Gasteiger charge is 2.35. The second-order valence-corrected chi connectivity index (χ2v) is 9.76. The van der Waals surface area contributed by atoms with Crippen molar-refractivity contribution in [1.29, 1.82) is 0 Å². The third-order valence-corrected chi connectivity index (χ3v) is 7.02. The Morgan fingerprint density at radius 3 is 2.46 bits per heavy atom. The summed E-state index contributed by atoms with van der Waals surface area (Å²) in [4.78, 5) is 14.8. The molecule has 1 aliphatic rings. The number of hydrogen-bond acceptors (Lipinski definition) is 4. The van der Waals surface area contributed by atoms with Gasteiger partial charge in [-0.3, -0.25) is 4.79 Å². The average Bonchev–Trinajstić information content (AvgIpc) is 3.01. The largest absolute Gasteiger partial charge is 0.494 e. The Kier molecular flexibility index (Phi) is 6.53. The molecule has 0 spiro atoms. The fourth-order valence-corrected chi connectivity index (χ4v) is 5.45. The van der Waals surface area contributed by atoms with Gasteiger partial charge in [0.15, 0.2) is 9.84 Å². The molecule has 0 aliphatic carbocycles. The van der Waals surface area contributed by atoms with E-state index in [0.29, 0.717) is 34.4 Å². The lowest BCUT2D eigenvalue weighted by Gasteiger charge is -2.29. The van der Waals surface area contributed by atoms with E-state index in [1.165, 1.54) is 0 Å². The Bertz CT molecular complexity index is 961. The van der Waals surface area contributed by atoms with Crippen LogP contribution < -0.4 is 4.74 Å². The Hall–Kier alpha value is -1.76. The van der Waals surface area contributed by atoms with Gasteiger partial charge in [-0.1, -0.05) is 29.3 Å². The molecule has 8 heteroatoms. The van der Waals surface area contributed by atoms with Crippen molar-refractivity contribution in [3.63, 3.8) is 0 Å². The van der Waals surface area contributed by atoms with Gasteiger partial charge < -0.3 is 9.64 Å². The van der Waals surface area contributed by atoms with Crippen LogP contribution in [0.3, 0.4) is 0 Å². The number of ether oxygens (including phenoxy) is 1. The predicted octanol–water partition coefficient (Wildman–Crippen LogP) is 4.22. The summed E-state index contributed by atoms with van der Waals surface area (Å²) in [5.74, 6) is 0.478. The zero-order valence-corrected chi connectivity index (χ0v) is 17.7. The highest BCUT2D eigenvalue weighted by molar-refractivity contribution is 7.91. The standard InChI is InChI=1S/C20H21Cl2NO4S/c1-2-27-18-7-4-14(5-8-18)20(24)23(17-9-10-28(25,26)13-17)12-15-3-6-16(21)11-19(15)22/h3-8,11,17H,2,9-10,12-13H2,1H3/t17-/m0/s1. The summed E-state index contributed by atoms with van der Waals surface area (Å²) in [7, 11) is -3.15. The molecule has 0 bridgehead atoms. The van der Waals surface area contributed by atoms with Crippen molar-refractivity contribution < 1.29 is 17.9 Å². The van der Waals surface area contributed by atoms with Gasteiger partial charge in [0.2, 0.25) is 0 Å². The molecule has 3 rings (SSSR count). The van der Waals surface area contributed by atoms with Crippen LogP contribution in [-0.4, -0.2) is 43.4 Å². The maximum Gasteiger partial charge on any atom is 0.254 e. The lowest BCUT2D eigenvalue weighted by Crippen LogP contribution is -2.40. The predicted molar refractivity (Wildman–Crippen MR) is 111 cm³/mol. The first kappa shape index (κ1) is 21.0. The Balaban J connectivity index is 1.90. The van der Waals surface area contributed by atoms with Gasteiger partial charge in [-0.2, -0.15) is 0 Å². The molecule has 2 aromatic rings. The van der Waals surface area contributed by atoms with Gasteiger partial charge in [0.1, 0.15) is 5.75 Å². The van der Waals surface area contributed by atoms with Crippen LogP contribution in [0.1, 0.15) is 29.3 Å². The van der Waals surface area contributed by atoms with Crippen LogP contribution in [0.5, 0.6) is 5.75 Å². The zero-order chi connectivity index (χ0) is 20.3. The second kappa shape index (κ2) is 8.72. The van der Waals surface area contributed by atoms with E-state index in [1.54, 1.807) is 47.4 Å². The topological polar surface area (TPSA) is 63.7 Å². The van der Waals surface area contributed by atoms with Crippen molar-refractivity contribution in [1.82, 2.24) is 4.90 Å². The fraction of sp³-hybridized carbons (Fsp3) is 0.350. The van der Waals surface area contributed by atoms with Crippen LogP contribution in [0.25, 0.3) is 0 Å². The van der Waals surface area contributed by atoms with E-state index >= 15 is 0 Å². The van der Waals surface area contributed by atoms with Gasteiger partial charge >= 0.3 is 0 Å². The van der Waals surface area contributed by atoms with Gasteiger partial charge in [-0.15, -0.1) is 0 Å². The summed E-state index contributed by atoms with van der Waals surface area (Å²) in [5.41, 5.74) is 1.19. The van der Waals surface area contributed by atoms with Gasteiger partial charge in [0.25, 0.3) is 5.91 Å². The Morgan fingerprint density at radius 2 is 1.89 bits per heavy atom. The number of amides is 1. The van der Waals surface area contributed by atoms with Gasteiger partial charge in [0.05, 0.1) is 18.1 Å². The molecule has 1 fully saturated rings. The number of benzene rings is 2. The van der Waals surface area contributed by atoms with E-state index < -0.39 is 15.9 Å². The van der Waals surface area contributed by atoms with E-state index in [0.717, 1.165) is 5.56 Å². The van der Waals surface area contributed by atoms with Crippen LogP contribution in [-0.2, 0) is 16.4 Å². The van der Waals surface area contributed by atoms with Crippen molar-refractivity contribution in [3.8, 4) is 5.75 Å². The second-order valence-electron chi connectivity index (χ2n) is 6.68. The van der Waals surface area contributed by atoms with E-state index in [4.69, 9.17) is 27.9 Å². The average molecular weight is 442 g/mol. The number of sulfone groups is 1. The number of carbonyl (C=O) groups excluding carboxylic acids is 1. The molecule has 2 aromatic carbocycles. The summed E-state index contributed by atoms with van der Waals surface area (Å²) < 4.78 is 29.4. The van der Waals surface area contributed by atoms with Crippen molar-refractivity contribution in [2.75, 3.05) is 18.1 Å². The Labute approximate surface area is 175 Å². The molecule has 1 saturated heterocycles. The minimum atomic E-state index is -3.15. The molecule has 0 unspecified atom stereocenters. The number of halogens is 2. The van der Waals surface area contributed by atoms with Gasteiger partial charge in [-0.25, -0.2) is 8.42 Å². The molecule has 0 saturated carbocycles. The molecule has 1 atom stereocenters. The van der Waals surface area contributed by atoms with Crippen molar-refractivity contribution in [2.45, 2.75) is 25.9 Å². The minimum Gasteiger partial charge on any atom is -0.494 e. The molecule has 1 aliphatic heterocycles. The molecule has 150 valence electrons. The summed E-state index contributed by atoms with van der Waals surface area (Å²) in [6.07, 6.45) is 0.413. The first-order valence-electron chi connectivity index (χ1n) is 8.97. The van der Waals surface area contributed by atoms with E-state index in [-0.39, 0.29) is 24.0 Å². The molecule has 0 radical (unpaired) electrons. The Morgan fingerprint density at radius 1 is 1.18 bits per heavy atom. The molecule has 0 N–H and O–H groups in total. The van der Waals surface area contributed by atoms with Crippen LogP contribution in [0, 0.1) is 0 Å². The fourth-order valence-electron chi connectivity index (χ4n) is 3.25. The van der Waals surface area contributed by atoms with Crippen LogP contribution in [0.2, 0.25) is 10.0 Å².